The van der Waals surface area contributed by atoms with Gasteiger partial charge in [-0.2, -0.15) is 0 Å². The molecule has 2 aromatic carbocycles. The average Bonchev–Trinajstić information content (AvgIpc) is 2.82. The van der Waals surface area contributed by atoms with E-state index in [9.17, 15) is 0 Å². The van der Waals surface area contributed by atoms with E-state index in [4.69, 9.17) is 0 Å². The molecule has 0 fully saturated rings. The zero-order valence-corrected chi connectivity index (χ0v) is 11.9. The molecule has 0 aliphatic heterocycles. The van der Waals surface area contributed by atoms with E-state index in [0.717, 1.165) is 6.42 Å². The maximum absolute atomic E-state index is 2.37. The van der Waals surface area contributed by atoms with Gasteiger partial charge in [-0.3, -0.25) is 0 Å². The fraction of sp³-hybridized carbons (Fsp3) is 0.263. The Hall–Kier alpha value is -1.82. The van der Waals surface area contributed by atoms with Gasteiger partial charge in [0.25, 0.3) is 0 Å². The van der Waals surface area contributed by atoms with E-state index in [2.05, 4.69) is 69.3 Å². The topological polar surface area (TPSA) is 0 Å². The van der Waals surface area contributed by atoms with Gasteiger partial charge in [-0.05, 0) is 48.1 Å². The summed E-state index contributed by atoms with van der Waals surface area (Å²) in [5.74, 6) is 0.456. The highest BCUT2D eigenvalue weighted by Gasteiger charge is 2.19. The van der Waals surface area contributed by atoms with Crippen molar-refractivity contribution in [3.8, 4) is 0 Å². The van der Waals surface area contributed by atoms with Crippen molar-refractivity contribution in [2.24, 2.45) is 0 Å². The van der Waals surface area contributed by atoms with Crippen molar-refractivity contribution in [2.75, 3.05) is 0 Å². The SMILES string of the molecule is CC1=Cc2c(C(C)c3ccccc3)ccc(C)c2C1. The van der Waals surface area contributed by atoms with Crippen LogP contribution in [0.5, 0.6) is 0 Å². The lowest BCUT2D eigenvalue weighted by Gasteiger charge is -2.17. The van der Waals surface area contributed by atoms with Crippen LogP contribution < -0.4 is 0 Å². The van der Waals surface area contributed by atoms with Crippen molar-refractivity contribution < 1.29 is 0 Å². The van der Waals surface area contributed by atoms with E-state index in [-0.39, 0.29) is 0 Å². The molecule has 3 rings (SSSR count). The summed E-state index contributed by atoms with van der Waals surface area (Å²) in [6.07, 6.45) is 3.49. The maximum atomic E-state index is 2.37. The number of rotatable bonds is 2. The minimum Gasteiger partial charge on any atom is -0.0683 e. The van der Waals surface area contributed by atoms with Crippen LogP contribution >= 0.6 is 0 Å². The van der Waals surface area contributed by atoms with Gasteiger partial charge in [0.15, 0.2) is 0 Å². The normalized spacial score (nSPS) is 15.0. The van der Waals surface area contributed by atoms with Crippen LogP contribution in [0.15, 0.2) is 48.0 Å². The van der Waals surface area contributed by atoms with E-state index in [1.54, 1.807) is 0 Å². The second kappa shape index (κ2) is 4.70. The Morgan fingerprint density at radius 1 is 0.947 bits per heavy atom. The Labute approximate surface area is 115 Å². The van der Waals surface area contributed by atoms with Gasteiger partial charge in [0.05, 0.1) is 0 Å². The summed E-state index contributed by atoms with van der Waals surface area (Å²) in [5.41, 5.74) is 8.75. The minimum absolute atomic E-state index is 0.456. The van der Waals surface area contributed by atoms with Crippen molar-refractivity contribution in [3.05, 3.63) is 75.9 Å². The van der Waals surface area contributed by atoms with Crippen LogP contribution in [0.4, 0.5) is 0 Å². The second-order valence-corrected chi connectivity index (χ2v) is 5.66. The van der Waals surface area contributed by atoms with Crippen LogP contribution in [0.1, 0.15) is 47.6 Å². The molecule has 0 N–H and O–H groups in total. The third kappa shape index (κ3) is 2.12. The van der Waals surface area contributed by atoms with E-state index in [1.165, 1.54) is 33.4 Å². The molecule has 1 aliphatic rings. The van der Waals surface area contributed by atoms with Gasteiger partial charge in [0.1, 0.15) is 0 Å². The number of allylic oxidation sites excluding steroid dienone is 1. The van der Waals surface area contributed by atoms with Crippen LogP contribution in [0.2, 0.25) is 0 Å². The molecule has 1 aliphatic carbocycles. The predicted molar refractivity (Wildman–Crippen MR) is 82.5 cm³/mol. The summed E-state index contributed by atoms with van der Waals surface area (Å²) in [4.78, 5) is 0. The Balaban J connectivity index is 2.10. The van der Waals surface area contributed by atoms with Crippen LogP contribution in [0.25, 0.3) is 6.08 Å². The Morgan fingerprint density at radius 2 is 1.68 bits per heavy atom. The molecule has 0 radical (unpaired) electrons. The molecule has 0 aromatic heterocycles. The molecule has 0 saturated heterocycles. The minimum atomic E-state index is 0.456. The summed E-state index contributed by atoms with van der Waals surface area (Å²) in [6, 6.07) is 15.4. The van der Waals surface area contributed by atoms with Gasteiger partial charge in [0, 0.05) is 5.92 Å². The van der Waals surface area contributed by atoms with Crippen molar-refractivity contribution in [2.45, 2.75) is 33.1 Å². The molecule has 0 spiro atoms. The van der Waals surface area contributed by atoms with Gasteiger partial charge >= 0.3 is 0 Å². The van der Waals surface area contributed by atoms with Crippen LogP contribution in [-0.4, -0.2) is 0 Å². The number of benzene rings is 2. The summed E-state index contributed by atoms with van der Waals surface area (Å²) in [5, 5.41) is 0. The number of hydrogen-bond acceptors (Lipinski definition) is 0. The Bertz CT molecular complexity index is 633. The summed E-state index contributed by atoms with van der Waals surface area (Å²) in [7, 11) is 0. The fourth-order valence-electron chi connectivity index (χ4n) is 3.07. The van der Waals surface area contributed by atoms with Crippen LogP contribution in [0, 0.1) is 6.92 Å². The third-order valence-electron chi connectivity index (χ3n) is 4.24. The molecule has 0 bridgehead atoms. The molecule has 1 atom stereocenters. The molecule has 0 heteroatoms. The van der Waals surface area contributed by atoms with Gasteiger partial charge < -0.3 is 0 Å². The monoisotopic (exact) mass is 248 g/mol. The zero-order valence-electron chi connectivity index (χ0n) is 11.9. The Morgan fingerprint density at radius 3 is 2.42 bits per heavy atom. The average molecular weight is 248 g/mol. The van der Waals surface area contributed by atoms with Crippen LogP contribution in [-0.2, 0) is 6.42 Å². The van der Waals surface area contributed by atoms with E-state index >= 15 is 0 Å². The first-order valence-electron chi connectivity index (χ1n) is 7.01. The van der Waals surface area contributed by atoms with Crippen molar-refractivity contribution in [3.63, 3.8) is 0 Å². The number of hydrogen-bond donors (Lipinski definition) is 0. The molecule has 1 unspecified atom stereocenters. The van der Waals surface area contributed by atoms with Gasteiger partial charge in [-0.25, -0.2) is 0 Å². The molecule has 2 aromatic rings. The lowest BCUT2D eigenvalue weighted by atomic mass is 9.87. The van der Waals surface area contributed by atoms with Gasteiger partial charge in [0.2, 0.25) is 0 Å². The molecular weight excluding hydrogens is 228 g/mol. The lowest BCUT2D eigenvalue weighted by Crippen LogP contribution is -2.01. The van der Waals surface area contributed by atoms with Crippen molar-refractivity contribution in [1.82, 2.24) is 0 Å². The highest BCUT2D eigenvalue weighted by molar-refractivity contribution is 5.69. The van der Waals surface area contributed by atoms with E-state index < -0.39 is 0 Å². The lowest BCUT2D eigenvalue weighted by molar-refractivity contribution is 0.914. The highest BCUT2D eigenvalue weighted by atomic mass is 14.2. The molecule has 96 valence electrons. The first-order chi connectivity index (χ1) is 9.16. The summed E-state index contributed by atoms with van der Waals surface area (Å²) >= 11 is 0. The smallest absolute Gasteiger partial charge is 0.00670 e. The van der Waals surface area contributed by atoms with Crippen molar-refractivity contribution in [1.29, 1.82) is 0 Å². The number of fused-ring (bicyclic) bond motifs is 1. The molecule has 0 amide bonds. The first-order valence-corrected chi connectivity index (χ1v) is 7.01. The second-order valence-electron chi connectivity index (χ2n) is 5.66. The highest BCUT2D eigenvalue weighted by Crippen LogP contribution is 2.36. The maximum Gasteiger partial charge on any atom is 0.00670 e. The van der Waals surface area contributed by atoms with Gasteiger partial charge in [-0.1, -0.05) is 61.0 Å². The number of aryl methyl sites for hydroxylation is 1. The largest absolute Gasteiger partial charge is 0.0683 e. The summed E-state index contributed by atoms with van der Waals surface area (Å²) < 4.78 is 0. The molecule has 0 nitrogen and oxygen atoms in total. The van der Waals surface area contributed by atoms with E-state index in [1.807, 2.05) is 0 Å². The molecular formula is C19H20. The quantitative estimate of drug-likeness (QED) is 0.693. The fourth-order valence-corrected chi connectivity index (χ4v) is 3.07. The molecule has 0 saturated carbocycles. The zero-order chi connectivity index (χ0) is 13.4. The van der Waals surface area contributed by atoms with Crippen molar-refractivity contribution >= 4 is 6.08 Å². The summed E-state index contributed by atoms with van der Waals surface area (Å²) in [6.45, 7) is 6.76. The predicted octanol–water partition coefficient (Wildman–Crippen LogP) is 5.11. The first kappa shape index (κ1) is 12.2. The standard InChI is InChI=1S/C19H20/c1-13-11-18-14(2)9-10-17(19(18)12-13)15(3)16-7-5-4-6-8-16/h4-10,12,15H,11H2,1-3H3. The Kier molecular flexibility index (Phi) is 3.02. The molecule has 19 heavy (non-hydrogen) atoms. The van der Waals surface area contributed by atoms with Gasteiger partial charge in [-0.15, -0.1) is 0 Å². The van der Waals surface area contributed by atoms with Crippen LogP contribution in [0.3, 0.4) is 0 Å². The van der Waals surface area contributed by atoms with E-state index in [0.29, 0.717) is 5.92 Å². The molecule has 0 heterocycles. The third-order valence-corrected chi connectivity index (χ3v) is 4.24.